The summed E-state index contributed by atoms with van der Waals surface area (Å²) in [6, 6.07) is 31.1. The number of rotatable bonds is 52. The van der Waals surface area contributed by atoms with Gasteiger partial charge in [-0.3, -0.25) is 0 Å². The molecule has 0 bridgehead atoms. The van der Waals surface area contributed by atoms with E-state index >= 15 is 0 Å². The highest BCUT2D eigenvalue weighted by molar-refractivity contribution is 5.67. The topological polar surface area (TPSA) is 0 Å². The Hall–Kier alpha value is -7.42. The van der Waals surface area contributed by atoms with Crippen LogP contribution in [0, 0.1) is 94.7 Å². The average Bonchev–Trinajstić information content (AvgIpc) is 0.811. The monoisotopic (exact) mass is 1420 g/mol. The maximum Gasteiger partial charge on any atom is 0.0419 e. The molecule has 0 aromatic heterocycles. The molecule has 0 saturated heterocycles. The Bertz CT molecular complexity index is 3300. The molecule has 0 radical (unpaired) electrons. The molecule has 0 aliphatic rings. The van der Waals surface area contributed by atoms with E-state index in [1.54, 1.807) is 0 Å². The van der Waals surface area contributed by atoms with Gasteiger partial charge < -0.3 is 0 Å². The van der Waals surface area contributed by atoms with E-state index in [9.17, 15) is 0 Å². The van der Waals surface area contributed by atoms with Gasteiger partial charge in [0.15, 0.2) is 0 Å². The molecule has 0 spiro atoms. The zero-order valence-corrected chi connectivity index (χ0v) is 68.9. The van der Waals surface area contributed by atoms with Crippen LogP contribution in [0.15, 0.2) is 84.9 Å². The normalized spacial score (nSPS) is 10.5. The lowest BCUT2D eigenvalue weighted by Gasteiger charge is -2.07. The van der Waals surface area contributed by atoms with Gasteiger partial charge in [0.25, 0.3) is 0 Å². The van der Waals surface area contributed by atoms with E-state index in [1.807, 2.05) is 27.7 Å². The Morgan fingerprint density at radius 3 is 0.453 bits per heavy atom. The van der Waals surface area contributed by atoms with Crippen molar-refractivity contribution in [3.05, 3.63) is 174 Å². The second kappa shape index (κ2) is 60.6. The van der Waals surface area contributed by atoms with Gasteiger partial charge in [-0.05, 0) is 162 Å². The molecule has 0 aliphatic heterocycles. The van der Waals surface area contributed by atoms with Crippen molar-refractivity contribution in [2.24, 2.45) is 0 Å². The summed E-state index contributed by atoms with van der Waals surface area (Å²) in [6.45, 7) is 16.9. The first kappa shape index (κ1) is 89.2. The SMILES string of the molecule is CC#Cc1cc(CCCCCCCCCCCCCC)ccc1C#Cc1cc(C#Cc2ccc(CCCCCCCCCCCCCC)cc2C#CC)c(C#Cc2ccc(CCCCCCCCCCCCCC)cc2C#CC)cc1C#Cc1ccc(CCCCCCCCCCCCCC)cc1C#CC. The zero-order valence-electron chi connectivity index (χ0n) is 68.9. The van der Waals surface area contributed by atoms with Gasteiger partial charge in [-0.2, -0.15) is 0 Å². The second-order valence-corrected chi connectivity index (χ2v) is 30.5. The summed E-state index contributed by atoms with van der Waals surface area (Å²) in [4.78, 5) is 0. The number of hydrogen-bond donors (Lipinski definition) is 0. The fourth-order valence-corrected chi connectivity index (χ4v) is 14.6. The summed E-state index contributed by atoms with van der Waals surface area (Å²) in [5.74, 6) is 56.0. The van der Waals surface area contributed by atoms with Gasteiger partial charge in [0.05, 0.1) is 0 Å². The summed E-state index contributed by atoms with van der Waals surface area (Å²) in [5, 5.41) is 0. The van der Waals surface area contributed by atoms with E-state index in [0.29, 0.717) is 0 Å². The molecule has 0 aliphatic carbocycles. The van der Waals surface area contributed by atoms with Crippen molar-refractivity contribution in [2.75, 3.05) is 0 Å². The molecule has 5 aromatic carbocycles. The standard InChI is InChI=1S/C106H142/c1-9-17-21-25-29-33-37-41-45-49-53-57-65-91-69-73-95(99(85-91)61-13-5)77-81-103-89-105(83-79-97-75-71-93(87-101(97)63-15-7)67-59-55-51-47-43-39-35-31-27-23-19-11-3)106(84-80-98-76-72-94(88-102(98)64-16-8)68-60-56-52-48-44-40-36-32-28-24-20-12-4)90-104(103)82-78-96-74-70-92(86-100(96)62-14-6)66-58-54-50-46-42-38-34-30-26-22-18-10-2/h69-76,85-90H,9-12,17-60,65-68H2,1-8H3. The van der Waals surface area contributed by atoms with Crippen LogP contribution in [0.1, 0.15) is 453 Å². The minimum absolute atomic E-state index is 0.788. The summed E-state index contributed by atoms with van der Waals surface area (Å²) in [5.41, 5.74) is 15.9. The highest BCUT2D eigenvalue weighted by atomic mass is 14.1. The molecule has 566 valence electrons. The van der Waals surface area contributed by atoms with Gasteiger partial charge in [-0.15, -0.1) is 23.7 Å². The molecular weight excluding hydrogens is 1270 g/mol. The molecule has 5 aromatic rings. The van der Waals surface area contributed by atoms with Crippen molar-refractivity contribution in [1.82, 2.24) is 0 Å². The maximum absolute atomic E-state index is 3.68. The first-order chi connectivity index (χ1) is 52.4. The molecule has 0 fully saturated rings. The summed E-state index contributed by atoms with van der Waals surface area (Å²) < 4.78 is 0. The number of benzene rings is 5. The minimum atomic E-state index is 0.788. The van der Waals surface area contributed by atoms with E-state index in [0.717, 1.165) is 92.4 Å². The maximum atomic E-state index is 3.68. The fourth-order valence-electron chi connectivity index (χ4n) is 14.6. The van der Waals surface area contributed by atoms with Gasteiger partial charge in [-0.25, -0.2) is 0 Å². The predicted molar refractivity (Wildman–Crippen MR) is 465 cm³/mol. The minimum Gasteiger partial charge on any atom is -0.101 e. The Kier molecular flexibility index (Phi) is 51.0. The smallest absolute Gasteiger partial charge is 0.0419 e. The molecule has 0 nitrogen and oxygen atoms in total. The highest BCUT2D eigenvalue weighted by Gasteiger charge is 2.11. The molecule has 0 atom stereocenters. The quantitative estimate of drug-likeness (QED) is 0.0269. The van der Waals surface area contributed by atoms with Crippen LogP contribution in [-0.4, -0.2) is 0 Å². The van der Waals surface area contributed by atoms with Crippen molar-refractivity contribution in [3.63, 3.8) is 0 Å². The second-order valence-electron chi connectivity index (χ2n) is 30.5. The zero-order chi connectivity index (χ0) is 75.2. The number of aryl methyl sites for hydroxylation is 4. The summed E-state index contributed by atoms with van der Waals surface area (Å²) in [6.07, 6.45) is 68.7. The Morgan fingerprint density at radius 1 is 0.151 bits per heavy atom. The third-order valence-corrected chi connectivity index (χ3v) is 21.1. The molecular formula is C106H142. The van der Waals surface area contributed by atoms with Crippen LogP contribution >= 0.6 is 0 Å². The third kappa shape index (κ3) is 40.0. The highest BCUT2D eigenvalue weighted by Crippen LogP contribution is 2.25. The van der Waals surface area contributed by atoms with Crippen molar-refractivity contribution < 1.29 is 0 Å². The van der Waals surface area contributed by atoms with Gasteiger partial charge in [-0.1, -0.05) is 406 Å². The van der Waals surface area contributed by atoms with E-state index in [4.69, 9.17) is 0 Å². The van der Waals surface area contributed by atoms with Gasteiger partial charge in [0.2, 0.25) is 0 Å². The molecule has 0 amide bonds. The van der Waals surface area contributed by atoms with E-state index in [-0.39, 0.29) is 0 Å². The van der Waals surface area contributed by atoms with Crippen LogP contribution in [0.25, 0.3) is 0 Å². The van der Waals surface area contributed by atoms with Crippen LogP contribution in [0.5, 0.6) is 0 Å². The lowest BCUT2D eigenvalue weighted by Crippen LogP contribution is -1.95. The fraction of sp³-hybridized carbons (Fsp3) is 0.566. The Balaban J connectivity index is 1.52. The van der Waals surface area contributed by atoms with E-state index in [2.05, 4.69) is 207 Å². The third-order valence-electron chi connectivity index (χ3n) is 21.1. The van der Waals surface area contributed by atoms with Crippen LogP contribution in [0.3, 0.4) is 0 Å². The first-order valence-corrected chi connectivity index (χ1v) is 43.8. The molecule has 0 heterocycles. The average molecular weight is 1420 g/mol. The molecule has 0 heteroatoms. The lowest BCUT2D eigenvalue weighted by molar-refractivity contribution is 0.544. The number of unbranched alkanes of at least 4 members (excludes halogenated alkanes) is 44. The van der Waals surface area contributed by atoms with Crippen LogP contribution in [0.2, 0.25) is 0 Å². The predicted octanol–water partition coefficient (Wildman–Crippen LogP) is 29.7. The van der Waals surface area contributed by atoms with Crippen molar-refractivity contribution in [2.45, 2.75) is 389 Å². The molecule has 0 unspecified atom stereocenters. The largest absolute Gasteiger partial charge is 0.101 e. The van der Waals surface area contributed by atoms with Crippen LogP contribution in [0.4, 0.5) is 0 Å². The molecule has 0 saturated carbocycles. The van der Waals surface area contributed by atoms with Crippen LogP contribution < -0.4 is 0 Å². The lowest BCUT2D eigenvalue weighted by atomic mass is 9.95. The first-order valence-electron chi connectivity index (χ1n) is 43.8. The van der Waals surface area contributed by atoms with Crippen molar-refractivity contribution >= 4 is 0 Å². The summed E-state index contributed by atoms with van der Waals surface area (Å²) >= 11 is 0. The van der Waals surface area contributed by atoms with Crippen molar-refractivity contribution in [1.29, 1.82) is 0 Å². The Morgan fingerprint density at radius 2 is 0.292 bits per heavy atom. The van der Waals surface area contributed by atoms with E-state index < -0.39 is 0 Å². The number of hydrogen-bond acceptors (Lipinski definition) is 0. The van der Waals surface area contributed by atoms with Gasteiger partial charge in [0, 0.05) is 66.8 Å². The summed E-state index contributed by atoms with van der Waals surface area (Å²) in [7, 11) is 0. The van der Waals surface area contributed by atoms with Crippen LogP contribution in [-0.2, 0) is 25.7 Å². The molecule has 106 heavy (non-hydrogen) atoms. The molecule has 0 N–H and O–H groups in total. The Labute approximate surface area is 653 Å². The molecule has 5 rings (SSSR count). The van der Waals surface area contributed by atoms with E-state index in [1.165, 1.54) is 330 Å². The van der Waals surface area contributed by atoms with Gasteiger partial charge in [0.1, 0.15) is 0 Å². The van der Waals surface area contributed by atoms with Gasteiger partial charge >= 0.3 is 0 Å². The van der Waals surface area contributed by atoms with Crippen molar-refractivity contribution in [3.8, 4) is 94.7 Å².